The summed E-state index contributed by atoms with van der Waals surface area (Å²) in [5, 5.41) is 0.277. The largest absolute Gasteiger partial charge is 0.462 e. The molecule has 0 amide bonds. The second kappa shape index (κ2) is 9.74. The summed E-state index contributed by atoms with van der Waals surface area (Å²) in [7, 11) is 0. The first-order valence-electron chi connectivity index (χ1n) is 10.8. The molecular formula is C24H24N4O6. The Morgan fingerprint density at radius 1 is 1.06 bits per heavy atom. The molecule has 0 spiro atoms. The van der Waals surface area contributed by atoms with E-state index >= 15 is 0 Å². The third-order valence-electron chi connectivity index (χ3n) is 5.08. The number of carbonyl (C=O) groups excluding carboxylic acids is 2. The lowest BCUT2D eigenvalue weighted by atomic mass is 10.1. The van der Waals surface area contributed by atoms with E-state index in [2.05, 4.69) is 15.0 Å². The van der Waals surface area contributed by atoms with Crippen LogP contribution in [0.3, 0.4) is 0 Å². The maximum Gasteiger partial charge on any atom is 0.342 e. The Morgan fingerprint density at radius 3 is 2.56 bits per heavy atom. The highest BCUT2D eigenvalue weighted by molar-refractivity contribution is 6.07. The maximum atomic E-state index is 12.2. The van der Waals surface area contributed by atoms with Gasteiger partial charge < -0.3 is 24.0 Å². The summed E-state index contributed by atoms with van der Waals surface area (Å²) in [6, 6.07) is 7.88. The number of anilines is 1. The zero-order valence-corrected chi connectivity index (χ0v) is 19.1. The molecule has 3 aromatic heterocycles. The highest BCUT2D eigenvalue weighted by Gasteiger charge is 2.24. The van der Waals surface area contributed by atoms with E-state index < -0.39 is 11.9 Å². The number of nitrogens with two attached hydrogens (primary N) is 1. The van der Waals surface area contributed by atoms with Crippen molar-refractivity contribution in [1.29, 1.82) is 0 Å². The second-order valence-corrected chi connectivity index (χ2v) is 7.60. The van der Waals surface area contributed by atoms with Crippen LogP contribution in [0.5, 0.6) is 0 Å². The minimum Gasteiger partial charge on any atom is -0.462 e. The Hall–Kier alpha value is -4.21. The molecule has 0 radical (unpaired) electrons. The van der Waals surface area contributed by atoms with Gasteiger partial charge in [0, 0.05) is 12.0 Å². The molecule has 2 N–H and O–H groups in total. The number of nitrogen functional groups attached to an aromatic ring is 1. The zero-order chi connectivity index (χ0) is 24.2. The van der Waals surface area contributed by atoms with Crippen molar-refractivity contribution in [3.8, 4) is 11.3 Å². The Bertz CT molecular complexity index is 1340. The fraction of sp³-hybridized carbons (Fsp3) is 0.292. The molecule has 0 aliphatic rings. The molecule has 10 nitrogen and oxygen atoms in total. The van der Waals surface area contributed by atoms with Gasteiger partial charge in [0.25, 0.3) is 0 Å². The SMILES string of the molecule is CCOC(=O)c1c(C)oc2nc(COC(=O)CCc3ncc(-c4ccc(C)cc4)o3)nc(N)c12. The van der Waals surface area contributed by atoms with Crippen LogP contribution in [0.15, 0.2) is 39.3 Å². The molecule has 1 aromatic carbocycles. The molecule has 0 bridgehead atoms. The lowest BCUT2D eigenvalue weighted by Gasteiger charge is -2.05. The molecule has 0 aliphatic carbocycles. The van der Waals surface area contributed by atoms with Gasteiger partial charge in [0.15, 0.2) is 24.1 Å². The summed E-state index contributed by atoms with van der Waals surface area (Å²) < 4.78 is 21.6. The molecule has 176 valence electrons. The minimum absolute atomic E-state index is 0.0411. The number of hydrogen-bond acceptors (Lipinski definition) is 10. The molecule has 4 rings (SSSR count). The first-order chi connectivity index (χ1) is 16.4. The Morgan fingerprint density at radius 2 is 1.82 bits per heavy atom. The van der Waals surface area contributed by atoms with E-state index in [-0.39, 0.29) is 54.4 Å². The van der Waals surface area contributed by atoms with Gasteiger partial charge in [0.2, 0.25) is 5.71 Å². The lowest BCUT2D eigenvalue weighted by molar-refractivity contribution is -0.145. The number of furan rings is 1. The topological polar surface area (TPSA) is 144 Å². The molecule has 0 fully saturated rings. The smallest absolute Gasteiger partial charge is 0.342 e. The van der Waals surface area contributed by atoms with Crippen LogP contribution in [0, 0.1) is 13.8 Å². The average molecular weight is 464 g/mol. The van der Waals surface area contributed by atoms with Crippen molar-refractivity contribution in [2.45, 2.75) is 40.2 Å². The van der Waals surface area contributed by atoms with E-state index in [1.807, 2.05) is 31.2 Å². The number of esters is 2. The quantitative estimate of drug-likeness (QED) is 0.381. The summed E-state index contributed by atoms with van der Waals surface area (Å²) in [5.41, 5.74) is 8.40. The van der Waals surface area contributed by atoms with Crippen LogP contribution in [0.1, 0.15) is 46.7 Å². The summed E-state index contributed by atoms with van der Waals surface area (Å²) in [6.07, 6.45) is 1.98. The number of carbonyl (C=O) groups is 2. The molecule has 0 unspecified atom stereocenters. The molecule has 0 saturated heterocycles. The molecule has 0 aliphatic heterocycles. The summed E-state index contributed by atoms with van der Waals surface area (Å²) in [5.74, 6) is 0.549. The standard InChI is InChI=1S/C24H24N4O6/c1-4-31-24(30)20-14(3)33-23-21(20)22(25)27-17(28-23)12-32-19(29)10-9-18-26-11-16(34-18)15-7-5-13(2)6-8-15/h5-8,11H,4,9-10,12H2,1-3H3,(H2,25,27,28). The zero-order valence-electron chi connectivity index (χ0n) is 19.1. The van der Waals surface area contributed by atoms with Crippen molar-refractivity contribution in [2.75, 3.05) is 12.3 Å². The van der Waals surface area contributed by atoms with Crippen LogP contribution in [0.25, 0.3) is 22.4 Å². The van der Waals surface area contributed by atoms with Crippen molar-refractivity contribution in [3.05, 3.63) is 59.1 Å². The predicted molar refractivity (Wildman–Crippen MR) is 122 cm³/mol. The summed E-state index contributed by atoms with van der Waals surface area (Å²) >= 11 is 0. The first kappa shape index (κ1) is 23.0. The number of ether oxygens (including phenoxy) is 2. The number of fused-ring (bicyclic) bond motifs is 1. The number of rotatable bonds is 8. The van der Waals surface area contributed by atoms with Gasteiger partial charge >= 0.3 is 11.9 Å². The van der Waals surface area contributed by atoms with E-state index in [1.54, 1.807) is 20.0 Å². The Labute approximate surface area is 195 Å². The molecule has 0 saturated carbocycles. The number of aryl methyl sites for hydroxylation is 3. The van der Waals surface area contributed by atoms with E-state index in [9.17, 15) is 9.59 Å². The predicted octanol–water partition coefficient (Wildman–Crippen LogP) is 3.93. The van der Waals surface area contributed by atoms with Crippen LogP contribution in [0.2, 0.25) is 0 Å². The van der Waals surface area contributed by atoms with Crippen LogP contribution < -0.4 is 5.73 Å². The third-order valence-corrected chi connectivity index (χ3v) is 5.08. The van der Waals surface area contributed by atoms with Crippen LogP contribution in [-0.4, -0.2) is 33.5 Å². The van der Waals surface area contributed by atoms with Crippen molar-refractivity contribution in [3.63, 3.8) is 0 Å². The normalized spacial score (nSPS) is 11.0. The van der Waals surface area contributed by atoms with E-state index in [1.165, 1.54) is 0 Å². The summed E-state index contributed by atoms with van der Waals surface area (Å²) in [6.45, 7) is 5.33. The first-order valence-corrected chi connectivity index (χ1v) is 10.8. The number of hydrogen-bond donors (Lipinski definition) is 1. The molecule has 4 aromatic rings. The Balaban J connectivity index is 1.36. The third kappa shape index (κ3) is 4.90. The number of oxazole rings is 1. The van der Waals surface area contributed by atoms with Crippen molar-refractivity contribution in [2.24, 2.45) is 0 Å². The highest BCUT2D eigenvalue weighted by Crippen LogP contribution is 2.29. The highest BCUT2D eigenvalue weighted by atomic mass is 16.5. The van der Waals surface area contributed by atoms with Gasteiger partial charge in [-0.1, -0.05) is 29.8 Å². The van der Waals surface area contributed by atoms with Crippen molar-refractivity contribution in [1.82, 2.24) is 15.0 Å². The van der Waals surface area contributed by atoms with Gasteiger partial charge in [0.1, 0.15) is 17.1 Å². The fourth-order valence-electron chi connectivity index (χ4n) is 3.40. The van der Waals surface area contributed by atoms with Gasteiger partial charge in [-0.3, -0.25) is 4.79 Å². The monoisotopic (exact) mass is 464 g/mol. The van der Waals surface area contributed by atoms with Gasteiger partial charge in [-0.05, 0) is 20.8 Å². The van der Waals surface area contributed by atoms with Gasteiger partial charge in [-0.15, -0.1) is 0 Å². The van der Waals surface area contributed by atoms with Crippen LogP contribution in [-0.2, 0) is 27.3 Å². The molecule has 34 heavy (non-hydrogen) atoms. The molecule has 3 heterocycles. The van der Waals surface area contributed by atoms with E-state index in [0.29, 0.717) is 17.4 Å². The fourth-order valence-corrected chi connectivity index (χ4v) is 3.40. The maximum absolute atomic E-state index is 12.2. The van der Waals surface area contributed by atoms with Crippen molar-refractivity contribution < 1.29 is 27.9 Å². The van der Waals surface area contributed by atoms with Gasteiger partial charge in [-0.25, -0.2) is 14.8 Å². The van der Waals surface area contributed by atoms with Crippen LogP contribution >= 0.6 is 0 Å². The lowest BCUT2D eigenvalue weighted by Crippen LogP contribution is -2.10. The minimum atomic E-state index is -0.565. The van der Waals surface area contributed by atoms with Crippen molar-refractivity contribution >= 4 is 28.9 Å². The van der Waals surface area contributed by atoms with Crippen LogP contribution in [0.4, 0.5) is 5.82 Å². The number of aromatic nitrogens is 3. The summed E-state index contributed by atoms with van der Waals surface area (Å²) in [4.78, 5) is 37.0. The van der Waals surface area contributed by atoms with E-state index in [4.69, 9.17) is 24.0 Å². The number of benzene rings is 1. The van der Waals surface area contributed by atoms with Gasteiger partial charge in [0.05, 0.1) is 24.6 Å². The average Bonchev–Trinajstić information content (AvgIpc) is 3.41. The molecule has 0 atom stereocenters. The molecule has 10 heteroatoms. The number of nitrogens with zero attached hydrogens (tertiary/aromatic N) is 3. The van der Waals surface area contributed by atoms with E-state index in [0.717, 1.165) is 11.1 Å². The second-order valence-electron chi connectivity index (χ2n) is 7.60. The Kier molecular flexibility index (Phi) is 6.58. The molecular weight excluding hydrogens is 440 g/mol. The van der Waals surface area contributed by atoms with Gasteiger partial charge in [-0.2, -0.15) is 4.98 Å².